The number of nitrogen functional groups attached to an aromatic ring is 1. The molecule has 53 heavy (non-hydrogen) atoms. The maximum atomic E-state index is 12.6. The highest BCUT2D eigenvalue weighted by atomic mass is 32.2. The van der Waals surface area contributed by atoms with Crippen LogP contribution in [0.5, 0.6) is 0 Å². The van der Waals surface area contributed by atoms with Gasteiger partial charge in [0.2, 0.25) is 5.91 Å². The Labute approximate surface area is 302 Å². The summed E-state index contributed by atoms with van der Waals surface area (Å²) < 4.78 is 61.7. The van der Waals surface area contributed by atoms with Crippen LogP contribution in [0.3, 0.4) is 0 Å². The SMILES string of the molecule is CC(C)(COP(=O)(O)OP(=O)(O)OC[C@H]1O[C@@H](n2cnc3c(N)ncnc32)[C@H](O)[C@@H]1OP(=O)(O)O)[C@@H](O)C(=O)NCCC([O-])=NCCSC(=O)C(=O)O. The zero-order valence-electron chi connectivity index (χ0n) is 27.4. The molecule has 1 saturated heterocycles. The summed E-state index contributed by atoms with van der Waals surface area (Å²) in [6, 6.07) is 0. The predicted molar refractivity (Wildman–Crippen MR) is 174 cm³/mol. The summed E-state index contributed by atoms with van der Waals surface area (Å²) in [5, 5.41) is 42.7. The summed E-state index contributed by atoms with van der Waals surface area (Å²) in [4.78, 5) is 88.2. The van der Waals surface area contributed by atoms with Crippen LogP contribution in [0, 0.1) is 5.41 Å². The van der Waals surface area contributed by atoms with E-state index in [0.29, 0.717) is 11.8 Å². The number of carboxylic acids is 1. The van der Waals surface area contributed by atoms with Crippen LogP contribution >= 0.6 is 35.2 Å². The third kappa shape index (κ3) is 13.1. The molecule has 3 heterocycles. The van der Waals surface area contributed by atoms with Crippen LogP contribution in [-0.4, -0.2) is 134 Å². The van der Waals surface area contributed by atoms with E-state index in [9.17, 15) is 63.0 Å². The second-order valence-electron chi connectivity index (χ2n) is 11.4. The summed E-state index contributed by atoms with van der Waals surface area (Å²) in [6.45, 7) is -0.160. The van der Waals surface area contributed by atoms with Gasteiger partial charge in [0.25, 0.3) is 5.12 Å². The van der Waals surface area contributed by atoms with Crippen molar-refractivity contribution in [2.24, 2.45) is 10.4 Å². The molecule has 10 N–H and O–H groups in total. The Bertz CT molecular complexity index is 1820. The van der Waals surface area contributed by atoms with Gasteiger partial charge >= 0.3 is 29.4 Å². The number of thioether (sulfide) groups is 1. The summed E-state index contributed by atoms with van der Waals surface area (Å²) in [5.41, 5.74) is 4.17. The summed E-state index contributed by atoms with van der Waals surface area (Å²) in [6.07, 6.45) is -7.23. The molecule has 1 aliphatic heterocycles. The van der Waals surface area contributed by atoms with E-state index in [1.165, 1.54) is 13.8 Å². The van der Waals surface area contributed by atoms with Gasteiger partial charge in [-0.2, -0.15) is 4.31 Å². The number of rotatable bonds is 19. The number of aliphatic imine (C=N–C) groups is 1. The molecule has 0 saturated carbocycles. The van der Waals surface area contributed by atoms with E-state index in [0.717, 1.165) is 17.2 Å². The predicted octanol–water partition coefficient (Wildman–Crippen LogP) is -2.61. The number of aromatic nitrogens is 4. The number of fused-ring (bicyclic) bond motifs is 1. The number of hydrogen-bond donors (Lipinski definition) is 9. The van der Waals surface area contributed by atoms with Gasteiger partial charge in [-0.15, -0.1) is 0 Å². The summed E-state index contributed by atoms with van der Waals surface area (Å²) in [5.74, 6) is -3.53. The molecule has 1 fully saturated rings. The van der Waals surface area contributed by atoms with Gasteiger partial charge in [0, 0.05) is 24.3 Å². The second kappa shape index (κ2) is 18.1. The minimum atomic E-state index is -5.59. The van der Waals surface area contributed by atoms with Gasteiger partial charge in [-0.1, -0.05) is 25.6 Å². The van der Waals surface area contributed by atoms with Gasteiger partial charge < -0.3 is 60.8 Å². The monoisotopic (exact) mass is 838 g/mol. The number of nitrogens with one attached hydrogen (secondary N) is 1. The Morgan fingerprint density at radius 2 is 1.81 bits per heavy atom. The van der Waals surface area contributed by atoms with Crippen molar-refractivity contribution < 1.29 is 90.7 Å². The molecule has 0 radical (unpaired) electrons. The molecule has 26 nitrogen and oxygen atoms in total. The number of hydrogen-bond acceptors (Lipinski definition) is 20. The molecule has 2 unspecified atom stereocenters. The number of nitrogens with two attached hydrogens (primary N) is 1. The van der Waals surface area contributed by atoms with Crippen LogP contribution in [-0.2, 0) is 50.7 Å². The first kappa shape index (κ1) is 44.4. The lowest BCUT2D eigenvalue weighted by Gasteiger charge is -2.30. The van der Waals surface area contributed by atoms with Crippen molar-refractivity contribution in [3.63, 3.8) is 0 Å². The van der Waals surface area contributed by atoms with E-state index >= 15 is 0 Å². The van der Waals surface area contributed by atoms with E-state index in [-0.39, 0.29) is 42.2 Å². The number of carboxylic acid groups (broad SMARTS) is 1. The minimum Gasteiger partial charge on any atom is -0.862 e. The van der Waals surface area contributed by atoms with Crippen molar-refractivity contribution in [2.45, 2.75) is 50.9 Å². The number of nitrogens with zero attached hydrogens (tertiary/aromatic N) is 5. The normalized spacial score (nSPS) is 22.6. The van der Waals surface area contributed by atoms with Gasteiger partial charge in [0.15, 0.2) is 17.7 Å². The van der Waals surface area contributed by atoms with E-state index < -0.39 is 95.6 Å². The molecule has 3 rings (SSSR count). The van der Waals surface area contributed by atoms with Crippen molar-refractivity contribution in [3.8, 4) is 0 Å². The van der Waals surface area contributed by atoms with Crippen LogP contribution in [0.1, 0.15) is 26.5 Å². The molecule has 2 aromatic heterocycles. The lowest BCUT2D eigenvalue weighted by Crippen LogP contribution is -2.46. The number of imidazole rings is 1. The molecule has 0 spiro atoms. The Balaban J connectivity index is 1.54. The lowest BCUT2D eigenvalue weighted by molar-refractivity contribution is -0.218. The first-order valence-electron chi connectivity index (χ1n) is 14.7. The van der Waals surface area contributed by atoms with Crippen molar-refractivity contribution >= 4 is 75.1 Å². The Kier molecular flexibility index (Phi) is 15.2. The van der Waals surface area contributed by atoms with Crippen molar-refractivity contribution in [3.05, 3.63) is 12.7 Å². The smallest absolute Gasteiger partial charge is 0.481 e. The topological polar surface area (TPSA) is 407 Å². The second-order valence-corrected chi connectivity index (χ2v) is 16.7. The van der Waals surface area contributed by atoms with E-state index in [2.05, 4.69) is 34.1 Å². The first-order chi connectivity index (χ1) is 24.4. The van der Waals surface area contributed by atoms with Gasteiger partial charge in [0.05, 0.1) is 19.5 Å². The Morgan fingerprint density at radius 1 is 1.15 bits per heavy atom. The Morgan fingerprint density at radius 3 is 2.45 bits per heavy atom. The number of carbonyl (C=O) groups excluding carboxylic acids is 2. The zero-order chi connectivity index (χ0) is 39.9. The minimum absolute atomic E-state index is 0.0160. The third-order valence-corrected chi connectivity index (χ3v) is 10.8. The van der Waals surface area contributed by atoms with Crippen LogP contribution in [0.4, 0.5) is 5.82 Å². The van der Waals surface area contributed by atoms with Crippen molar-refractivity contribution in [1.29, 1.82) is 0 Å². The Hall–Kier alpha value is -2.97. The number of aliphatic hydroxyl groups is 2. The number of anilines is 1. The maximum absolute atomic E-state index is 12.6. The summed E-state index contributed by atoms with van der Waals surface area (Å²) >= 11 is 0.448. The molecule has 0 bridgehead atoms. The molecule has 1 amide bonds. The highest BCUT2D eigenvalue weighted by Crippen LogP contribution is 2.61. The number of aliphatic carboxylic acids is 1. The van der Waals surface area contributed by atoms with Crippen LogP contribution in [0.2, 0.25) is 0 Å². The molecular formula is C23H35N7O19P3S-. The number of phosphoric ester groups is 3. The van der Waals surface area contributed by atoms with E-state index in [1.807, 2.05) is 0 Å². The molecule has 0 aromatic carbocycles. The molecular weight excluding hydrogens is 803 g/mol. The van der Waals surface area contributed by atoms with Gasteiger partial charge in [0.1, 0.15) is 36.3 Å². The average Bonchev–Trinajstić information content (AvgIpc) is 3.60. The quantitative estimate of drug-likeness (QED) is 0.0230. The highest BCUT2D eigenvalue weighted by molar-refractivity contribution is 8.15. The summed E-state index contributed by atoms with van der Waals surface area (Å²) in [7, 11) is -16.5. The van der Waals surface area contributed by atoms with Crippen molar-refractivity contribution in [2.75, 3.05) is 37.8 Å². The van der Waals surface area contributed by atoms with E-state index in [4.69, 9.17) is 24.6 Å². The molecule has 7 atom stereocenters. The van der Waals surface area contributed by atoms with E-state index in [1.54, 1.807) is 0 Å². The molecule has 2 aromatic rings. The molecule has 0 aliphatic carbocycles. The molecule has 30 heteroatoms. The van der Waals surface area contributed by atoms with Gasteiger partial charge in [-0.25, -0.2) is 33.4 Å². The van der Waals surface area contributed by atoms with Gasteiger partial charge in [-0.05, 0) is 12.3 Å². The fraction of sp³-hybridized carbons (Fsp3) is 0.609. The largest absolute Gasteiger partial charge is 0.862 e. The fourth-order valence-electron chi connectivity index (χ4n) is 4.29. The van der Waals surface area contributed by atoms with Crippen LogP contribution in [0.25, 0.3) is 11.2 Å². The zero-order valence-corrected chi connectivity index (χ0v) is 30.9. The molecule has 1 aliphatic rings. The average molecular weight is 839 g/mol. The number of aliphatic hydroxyl groups excluding tert-OH is 2. The lowest BCUT2D eigenvalue weighted by atomic mass is 9.87. The van der Waals surface area contributed by atoms with Gasteiger partial charge in [-0.3, -0.25) is 27.7 Å². The number of amides is 1. The maximum Gasteiger partial charge on any atom is 0.481 e. The van der Waals surface area contributed by atoms with Crippen molar-refractivity contribution in [1.82, 2.24) is 24.8 Å². The number of ether oxygens (including phenoxy) is 1. The van der Waals surface area contributed by atoms with Crippen LogP contribution < -0.4 is 16.2 Å². The first-order valence-corrected chi connectivity index (χ1v) is 20.2. The van der Waals surface area contributed by atoms with Crippen LogP contribution in [0.15, 0.2) is 17.6 Å². The fourth-order valence-corrected chi connectivity index (χ4v) is 7.61. The molecule has 298 valence electrons. The standard InChI is InChI=1S/C23H36N7O19P3S/c1-23(2,16(33)19(34)26-4-3-12(31)25-5-6-53-22(37)21(35)36)8-46-52(43,44)49-51(41,42)45-7-11-15(48-50(38,39)40)14(32)20(47-11)30-10-29-13-17(24)27-9-28-18(13)30/h9-11,14-16,20,32-33H,3-8H2,1-2H3,(H,25,31)(H,26,34)(H,35,36)(H,41,42)(H,43,44)(H2,24,27,28)(H2,38,39,40)/p-1/t11-,14-,15-,16+,20-/m1/s1. The third-order valence-electron chi connectivity index (χ3n) is 6.85. The number of phosphoric acid groups is 3. The highest BCUT2D eigenvalue weighted by Gasteiger charge is 2.50. The number of carbonyl (C=O) groups is 3.